The summed E-state index contributed by atoms with van der Waals surface area (Å²) >= 11 is 0. The summed E-state index contributed by atoms with van der Waals surface area (Å²) in [6, 6.07) is 1.77. The number of nitrogens with zero attached hydrogens (tertiary/aromatic N) is 2. The molecule has 3 nitrogen and oxygen atoms in total. The van der Waals surface area contributed by atoms with Gasteiger partial charge in [0.05, 0.1) is 5.69 Å². The second-order valence-corrected chi connectivity index (χ2v) is 3.45. The Morgan fingerprint density at radius 3 is 2.69 bits per heavy atom. The molecule has 0 fully saturated rings. The van der Waals surface area contributed by atoms with Crippen molar-refractivity contribution in [2.75, 3.05) is 6.54 Å². The summed E-state index contributed by atoms with van der Waals surface area (Å²) in [5.74, 6) is 0. The quantitative estimate of drug-likeness (QED) is 0.766. The molecule has 1 aromatic heterocycles. The van der Waals surface area contributed by atoms with Gasteiger partial charge in [-0.3, -0.25) is 0 Å². The maximum atomic E-state index is 11.8. The van der Waals surface area contributed by atoms with E-state index in [0.29, 0.717) is 19.5 Å². The van der Waals surface area contributed by atoms with Crippen LogP contribution in [0.2, 0.25) is 0 Å². The third-order valence-corrected chi connectivity index (χ3v) is 2.01. The molecule has 1 N–H and O–H groups in total. The van der Waals surface area contributed by atoms with Crippen LogP contribution in [0, 0.1) is 0 Å². The Balaban J connectivity index is 2.01. The van der Waals surface area contributed by atoms with Gasteiger partial charge < -0.3 is 5.32 Å². The SMILES string of the molecule is FC(F)(F)CCCCNCc1ccncn1. The zero-order chi connectivity index (χ0) is 11.9. The highest BCUT2D eigenvalue weighted by Crippen LogP contribution is 2.21. The molecule has 0 radical (unpaired) electrons. The van der Waals surface area contributed by atoms with E-state index in [0.717, 1.165) is 5.69 Å². The minimum absolute atomic E-state index is 0.167. The predicted molar refractivity (Wildman–Crippen MR) is 53.6 cm³/mol. The molecule has 6 heteroatoms. The molecule has 0 aromatic carbocycles. The number of aromatic nitrogens is 2. The van der Waals surface area contributed by atoms with Crippen LogP contribution < -0.4 is 5.32 Å². The van der Waals surface area contributed by atoms with E-state index in [1.165, 1.54) is 6.33 Å². The van der Waals surface area contributed by atoms with Crippen LogP contribution in [0.4, 0.5) is 13.2 Å². The van der Waals surface area contributed by atoms with Crippen LogP contribution in [0.5, 0.6) is 0 Å². The summed E-state index contributed by atoms with van der Waals surface area (Å²) in [6.45, 7) is 1.13. The lowest BCUT2D eigenvalue weighted by molar-refractivity contribution is -0.135. The highest BCUT2D eigenvalue weighted by molar-refractivity contribution is 4.96. The lowest BCUT2D eigenvalue weighted by atomic mass is 10.2. The number of rotatable bonds is 6. The number of halogens is 3. The van der Waals surface area contributed by atoms with Crippen molar-refractivity contribution in [3.05, 3.63) is 24.3 Å². The summed E-state index contributed by atoms with van der Waals surface area (Å²) in [6.07, 6.45) is -0.978. The van der Waals surface area contributed by atoms with Gasteiger partial charge in [-0.15, -0.1) is 0 Å². The van der Waals surface area contributed by atoms with Crippen molar-refractivity contribution in [1.29, 1.82) is 0 Å². The molecule has 0 saturated heterocycles. The van der Waals surface area contributed by atoms with E-state index in [9.17, 15) is 13.2 Å². The monoisotopic (exact) mass is 233 g/mol. The molecule has 1 rings (SSSR count). The normalized spacial score (nSPS) is 11.7. The molecule has 1 heterocycles. The fraction of sp³-hybridized carbons (Fsp3) is 0.600. The van der Waals surface area contributed by atoms with E-state index < -0.39 is 12.6 Å². The van der Waals surface area contributed by atoms with E-state index >= 15 is 0 Å². The van der Waals surface area contributed by atoms with Crippen molar-refractivity contribution < 1.29 is 13.2 Å². The average Bonchev–Trinajstić information content (AvgIpc) is 2.23. The second-order valence-electron chi connectivity index (χ2n) is 3.45. The maximum Gasteiger partial charge on any atom is 0.389 e. The molecular formula is C10H14F3N3. The first-order chi connectivity index (χ1) is 7.58. The molecule has 0 amide bonds. The Bertz CT molecular complexity index is 287. The summed E-state index contributed by atoms with van der Waals surface area (Å²) < 4.78 is 35.4. The van der Waals surface area contributed by atoms with Crippen molar-refractivity contribution in [2.45, 2.75) is 32.0 Å². The van der Waals surface area contributed by atoms with Crippen molar-refractivity contribution in [3.8, 4) is 0 Å². The molecule has 0 atom stereocenters. The maximum absolute atomic E-state index is 11.8. The number of hydrogen-bond donors (Lipinski definition) is 1. The van der Waals surface area contributed by atoms with Crippen LogP contribution in [0.1, 0.15) is 25.0 Å². The summed E-state index contributed by atoms with van der Waals surface area (Å²) in [5, 5.41) is 3.03. The largest absolute Gasteiger partial charge is 0.389 e. The van der Waals surface area contributed by atoms with Gasteiger partial charge in [0, 0.05) is 19.2 Å². The Morgan fingerprint density at radius 2 is 2.06 bits per heavy atom. The van der Waals surface area contributed by atoms with Crippen LogP contribution in [0.3, 0.4) is 0 Å². The predicted octanol–water partition coefficient (Wildman–Crippen LogP) is 2.30. The Morgan fingerprint density at radius 1 is 1.25 bits per heavy atom. The van der Waals surface area contributed by atoms with Gasteiger partial charge in [0.2, 0.25) is 0 Å². The first kappa shape index (κ1) is 12.9. The fourth-order valence-electron chi connectivity index (χ4n) is 1.21. The molecule has 0 saturated carbocycles. The van der Waals surface area contributed by atoms with E-state index in [1.807, 2.05) is 0 Å². The Kier molecular flexibility index (Phi) is 5.18. The summed E-state index contributed by atoms with van der Waals surface area (Å²) in [5.41, 5.74) is 0.839. The van der Waals surface area contributed by atoms with Gasteiger partial charge in [0.1, 0.15) is 6.33 Å². The molecule has 0 bridgehead atoms. The molecule has 0 aliphatic heterocycles. The van der Waals surface area contributed by atoms with Gasteiger partial charge in [-0.25, -0.2) is 9.97 Å². The molecule has 90 valence electrons. The standard InChI is InChI=1S/C10H14F3N3/c11-10(12,13)4-1-2-5-14-7-9-3-6-15-8-16-9/h3,6,8,14H,1-2,4-5,7H2. The van der Waals surface area contributed by atoms with Gasteiger partial charge in [-0.05, 0) is 25.5 Å². The first-order valence-corrected chi connectivity index (χ1v) is 5.10. The summed E-state index contributed by atoms with van der Waals surface area (Å²) in [4.78, 5) is 7.75. The molecule has 1 aromatic rings. The fourth-order valence-corrected chi connectivity index (χ4v) is 1.21. The molecule has 16 heavy (non-hydrogen) atoms. The first-order valence-electron chi connectivity index (χ1n) is 5.10. The van der Waals surface area contributed by atoms with E-state index in [1.54, 1.807) is 12.3 Å². The van der Waals surface area contributed by atoms with E-state index in [-0.39, 0.29) is 6.42 Å². The van der Waals surface area contributed by atoms with Crippen LogP contribution in [-0.4, -0.2) is 22.7 Å². The molecule has 0 aliphatic carbocycles. The van der Waals surface area contributed by atoms with Gasteiger partial charge in [0.25, 0.3) is 0 Å². The zero-order valence-corrected chi connectivity index (χ0v) is 8.80. The average molecular weight is 233 g/mol. The number of alkyl halides is 3. The van der Waals surface area contributed by atoms with Crippen LogP contribution >= 0.6 is 0 Å². The van der Waals surface area contributed by atoms with E-state index in [4.69, 9.17) is 0 Å². The smallest absolute Gasteiger partial charge is 0.311 e. The van der Waals surface area contributed by atoms with Crippen LogP contribution in [0.25, 0.3) is 0 Å². The van der Waals surface area contributed by atoms with Gasteiger partial charge in [0.15, 0.2) is 0 Å². The van der Waals surface area contributed by atoms with Crippen molar-refractivity contribution in [1.82, 2.24) is 15.3 Å². The Hall–Kier alpha value is -1.17. The lowest BCUT2D eigenvalue weighted by Gasteiger charge is -2.06. The number of hydrogen-bond acceptors (Lipinski definition) is 3. The van der Waals surface area contributed by atoms with Gasteiger partial charge >= 0.3 is 6.18 Å². The lowest BCUT2D eigenvalue weighted by Crippen LogP contribution is -2.16. The van der Waals surface area contributed by atoms with Crippen molar-refractivity contribution in [3.63, 3.8) is 0 Å². The van der Waals surface area contributed by atoms with Gasteiger partial charge in [-0.1, -0.05) is 0 Å². The zero-order valence-electron chi connectivity index (χ0n) is 8.80. The summed E-state index contributed by atoms with van der Waals surface area (Å²) in [7, 11) is 0. The van der Waals surface area contributed by atoms with Gasteiger partial charge in [-0.2, -0.15) is 13.2 Å². The Labute approximate surface area is 92.1 Å². The van der Waals surface area contributed by atoms with Crippen molar-refractivity contribution in [2.24, 2.45) is 0 Å². The minimum atomic E-state index is -4.04. The number of unbranched alkanes of at least 4 members (excludes halogenated alkanes) is 1. The molecular weight excluding hydrogens is 219 g/mol. The van der Waals surface area contributed by atoms with Crippen LogP contribution in [0.15, 0.2) is 18.6 Å². The second kappa shape index (κ2) is 6.42. The molecule has 0 aliphatic rings. The third-order valence-electron chi connectivity index (χ3n) is 2.01. The highest BCUT2D eigenvalue weighted by Gasteiger charge is 2.25. The number of nitrogens with one attached hydrogen (secondary N) is 1. The minimum Gasteiger partial charge on any atom is -0.311 e. The van der Waals surface area contributed by atoms with Crippen LogP contribution in [-0.2, 0) is 6.54 Å². The van der Waals surface area contributed by atoms with Crippen molar-refractivity contribution >= 4 is 0 Å². The van der Waals surface area contributed by atoms with E-state index in [2.05, 4.69) is 15.3 Å². The third kappa shape index (κ3) is 6.34. The highest BCUT2D eigenvalue weighted by atomic mass is 19.4. The molecule has 0 unspecified atom stereocenters. The molecule has 0 spiro atoms. The topological polar surface area (TPSA) is 37.8 Å².